The van der Waals surface area contributed by atoms with Crippen LogP contribution in [0.3, 0.4) is 0 Å². The summed E-state index contributed by atoms with van der Waals surface area (Å²) in [6.07, 6.45) is -0.771. The van der Waals surface area contributed by atoms with E-state index in [0.717, 1.165) is 17.0 Å². The number of carboxylic acids is 1. The molecule has 4 rings (SSSR count). The predicted octanol–water partition coefficient (Wildman–Crippen LogP) is 2.97. The van der Waals surface area contributed by atoms with Gasteiger partial charge in [-0.15, -0.1) is 0 Å². The molecule has 3 N–H and O–H groups in total. The Bertz CT molecular complexity index is 1140. The number of pyridine rings is 1. The summed E-state index contributed by atoms with van der Waals surface area (Å²) in [5, 5.41) is 13.4. The second kappa shape index (κ2) is 7.60. The van der Waals surface area contributed by atoms with Gasteiger partial charge in [0.25, 0.3) is 0 Å². The Morgan fingerprint density at radius 1 is 1.23 bits per heavy atom. The highest BCUT2D eigenvalue weighted by Crippen LogP contribution is 2.33. The zero-order valence-electron chi connectivity index (χ0n) is 16.2. The number of aromatic amines is 1. The number of fused-ring (bicyclic) bond motifs is 1. The van der Waals surface area contributed by atoms with E-state index in [2.05, 4.69) is 15.3 Å². The number of nitrogens with one attached hydrogen (secondary N) is 2. The molecule has 3 heterocycles. The van der Waals surface area contributed by atoms with Crippen molar-refractivity contribution in [1.82, 2.24) is 15.3 Å². The average Bonchev–Trinajstić information content (AvgIpc) is 3.35. The molecule has 0 spiro atoms. The minimum Gasteiger partial charge on any atom is -0.479 e. The minimum absolute atomic E-state index is 0.0187. The van der Waals surface area contributed by atoms with Crippen LogP contribution >= 0.6 is 0 Å². The van der Waals surface area contributed by atoms with Gasteiger partial charge in [-0.25, -0.2) is 4.79 Å². The zero-order chi connectivity index (χ0) is 22.2. The van der Waals surface area contributed by atoms with E-state index < -0.39 is 29.2 Å². The van der Waals surface area contributed by atoms with Gasteiger partial charge in [-0.05, 0) is 29.1 Å². The zero-order valence-corrected chi connectivity index (χ0v) is 16.2. The number of carbonyl (C=O) groups excluding carboxylic acids is 1. The number of halogens is 3. The third-order valence-corrected chi connectivity index (χ3v) is 5.46. The molecular weight excluding hydrogens is 413 g/mol. The molecule has 3 aromatic rings. The van der Waals surface area contributed by atoms with E-state index in [-0.39, 0.29) is 31.6 Å². The second-order valence-electron chi connectivity index (χ2n) is 7.61. The minimum atomic E-state index is -4.55. The first-order chi connectivity index (χ1) is 14.7. The van der Waals surface area contributed by atoms with Gasteiger partial charge in [-0.3, -0.25) is 9.78 Å². The van der Waals surface area contributed by atoms with Crippen LogP contribution < -0.4 is 10.2 Å². The number of carbonyl (C=O) groups is 2. The van der Waals surface area contributed by atoms with Gasteiger partial charge in [0.05, 0.1) is 30.4 Å². The number of nitrogens with zero attached hydrogens (tertiary/aromatic N) is 2. The first kappa shape index (κ1) is 20.7. The molecule has 31 heavy (non-hydrogen) atoms. The van der Waals surface area contributed by atoms with Gasteiger partial charge >= 0.3 is 12.1 Å². The Balaban J connectivity index is 1.49. The topological polar surface area (TPSA) is 98.3 Å². The van der Waals surface area contributed by atoms with Crippen molar-refractivity contribution in [2.45, 2.75) is 24.6 Å². The van der Waals surface area contributed by atoms with Gasteiger partial charge in [0.1, 0.15) is 0 Å². The molecule has 2 aromatic heterocycles. The van der Waals surface area contributed by atoms with E-state index in [1.165, 1.54) is 11.1 Å². The molecular formula is C21H19F3N4O3. The van der Waals surface area contributed by atoms with Crippen LogP contribution in [-0.2, 0) is 22.2 Å². The summed E-state index contributed by atoms with van der Waals surface area (Å²) in [5.41, 5.74) is -0.778. The summed E-state index contributed by atoms with van der Waals surface area (Å²) in [7, 11) is 0. The van der Waals surface area contributed by atoms with Crippen molar-refractivity contribution in [1.29, 1.82) is 0 Å². The molecule has 1 aliphatic rings. The summed E-state index contributed by atoms with van der Waals surface area (Å²) in [4.78, 5) is 32.8. The summed E-state index contributed by atoms with van der Waals surface area (Å²) < 4.78 is 38.9. The van der Waals surface area contributed by atoms with E-state index in [0.29, 0.717) is 11.8 Å². The van der Waals surface area contributed by atoms with Gasteiger partial charge in [0.15, 0.2) is 5.54 Å². The largest absolute Gasteiger partial charge is 0.479 e. The molecule has 10 heteroatoms. The average molecular weight is 432 g/mol. The SMILES string of the molecule is O=C(Cc1ccc2cc[nH]c2c1)N[C@]1(C(=O)O)CCN(c2cncc(C(F)(F)F)c2)C1. The summed E-state index contributed by atoms with van der Waals surface area (Å²) >= 11 is 0. The lowest BCUT2D eigenvalue weighted by molar-refractivity contribution is -0.146. The number of aromatic nitrogens is 2. The highest BCUT2D eigenvalue weighted by molar-refractivity contribution is 5.90. The highest BCUT2D eigenvalue weighted by Gasteiger charge is 2.46. The van der Waals surface area contributed by atoms with Crippen LogP contribution in [0.2, 0.25) is 0 Å². The number of H-pyrrole nitrogens is 1. The maximum atomic E-state index is 13.0. The monoisotopic (exact) mass is 432 g/mol. The van der Waals surface area contributed by atoms with Gasteiger partial charge in [0, 0.05) is 30.9 Å². The normalized spacial score (nSPS) is 19.0. The van der Waals surface area contributed by atoms with E-state index in [4.69, 9.17) is 0 Å². The smallest absolute Gasteiger partial charge is 0.417 e. The third kappa shape index (κ3) is 4.18. The fraction of sp³-hybridized carbons (Fsp3) is 0.286. The van der Waals surface area contributed by atoms with Crippen molar-refractivity contribution in [3.8, 4) is 0 Å². The quantitative estimate of drug-likeness (QED) is 0.576. The van der Waals surface area contributed by atoms with Gasteiger partial charge < -0.3 is 20.3 Å². The van der Waals surface area contributed by atoms with Crippen LogP contribution in [0.5, 0.6) is 0 Å². The highest BCUT2D eigenvalue weighted by atomic mass is 19.4. The number of alkyl halides is 3. The number of aliphatic carboxylic acids is 1. The molecule has 7 nitrogen and oxygen atoms in total. The Morgan fingerprint density at radius 2 is 2.03 bits per heavy atom. The lowest BCUT2D eigenvalue weighted by Gasteiger charge is -2.27. The Labute approximate surface area is 174 Å². The van der Waals surface area contributed by atoms with Gasteiger partial charge in [-0.1, -0.05) is 12.1 Å². The predicted molar refractivity (Wildman–Crippen MR) is 107 cm³/mol. The van der Waals surface area contributed by atoms with E-state index in [9.17, 15) is 27.9 Å². The molecule has 0 radical (unpaired) electrons. The maximum absolute atomic E-state index is 13.0. The molecule has 1 fully saturated rings. The number of amides is 1. The number of benzene rings is 1. The van der Waals surface area contributed by atoms with Gasteiger partial charge in [-0.2, -0.15) is 13.2 Å². The molecule has 162 valence electrons. The molecule has 1 aliphatic heterocycles. The fourth-order valence-corrected chi connectivity index (χ4v) is 3.82. The van der Waals surface area contributed by atoms with E-state index in [1.54, 1.807) is 12.3 Å². The molecule has 0 aliphatic carbocycles. The van der Waals surface area contributed by atoms with Crippen LogP contribution in [0.4, 0.5) is 18.9 Å². The van der Waals surface area contributed by atoms with Crippen LogP contribution in [0, 0.1) is 0 Å². The lowest BCUT2D eigenvalue weighted by Crippen LogP contribution is -2.56. The molecule has 0 bridgehead atoms. The van der Waals surface area contributed by atoms with Crippen molar-refractivity contribution >= 4 is 28.5 Å². The van der Waals surface area contributed by atoms with Crippen molar-refractivity contribution in [2.75, 3.05) is 18.0 Å². The van der Waals surface area contributed by atoms with Crippen LogP contribution in [0.15, 0.2) is 48.9 Å². The molecule has 0 saturated carbocycles. The number of rotatable bonds is 5. The van der Waals surface area contributed by atoms with Crippen molar-refractivity contribution in [3.63, 3.8) is 0 Å². The Hall–Kier alpha value is -3.56. The van der Waals surface area contributed by atoms with Crippen molar-refractivity contribution in [3.05, 3.63) is 60.0 Å². The van der Waals surface area contributed by atoms with Crippen molar-refractivity contribution < 1.29 is 27.9 Å². The second-order valence-corrected chi connectivity index (χ2v) is 7.61. The van der Waals surface area contributed by atoms with Crippen LogP contribution in [0.25, 0.3) is 10.9 Å². The summed E-state index contributed by atoms with van der Waals surface area (Å²) in [5.74, 6) is -1.71. The van der Waals surface area contributed by atoms with Crippen LogP contribution in [0.1, 0.15) is 17.5 Å². The molecule has 0 unspecified atom stereocenters. The number of anilines is 1. The first-order valence-electron chi connectivity index (χ1n) is 9.54. The molecule has 1 atom stereocenters. The lowest BCUT2D eigenvalue weighted by atomic mass is 9.98. The third-order valence-electron chi connectivity index (χ3n) is 5.46. The van der Waals surface area contributed by atoms with Gasteiger partial charge in [0.2, 0.25) is 5.91 Å². The molecule has 1 saturated heterocycles. The molecule has 1 amide bonds. The fourth-order valence-electron chi connectivity index (χ4n) is 3.82. The molecule has 1 aromatic carbocycles. The number of hydrogen-bond acceptors (Lipinski definition) is 4. The summed E-state index contributed by atoms with van der Waals surface area (Å²) in [6.45, 7) is 0.0106. The van der Waals surface area contributed by atoms with E-state index in [1.807, 2.05) is 18.2 Å². The first-order valence-corrected chi connectivity index (χ1v) is 9.54. The Kier molecular flexibility index (Phi) is 5.08. The number of hydrogen-bond donors (Lipinski definition) is 3. The standard InChI is InChI=1S/C21H19F3N4O3/c22-21(23,24)15-9-16(11-25-10-15)28-6-4-20(12-28,19(30)31)27-18(29)8-13-1-2-14-3-5-26-17(14)7-13/h1-3,5,7,9-11,26H,4,6,8,12H2,(H,27,29)(H,30,31)/t20-/m1/s1. The number of carboxylic acid groups (broad SMARTS) is 1. The van der Waals surface area contributed by atoms with Crippen molar-refractivity contribution in [2.24, 2.45) is 0 Å². The summed E-state index contributed by atoms with van der Waals surface area (Å²) in [6, 6.07) is 8.29. The maximum Gasteiger partial charge on any atom is 0.417 e. The Morgan fingerprint density at radius 3 is 2.77 bits per heavy atom. The van der Waals surface area contributed by atoms with E-state index >= 15 is 0 Å². The van der Waals surface area contributed by atoms with Crippen LogP contribution in [-0.4, -0.2) is 45.6 Å².